The molecule has 1 heterocycles. The number of methoxy groups -OCH3 is 1. The Morgan fingerprint density at radius 2 is 2.26 bits per heavy atom. The second kappa shape index (κ2) is 5.82. The number of hydrogen-bond acceptors (Lipinski definition) is 3. The number of carbonyl (C=O) groups is 1. The third-order valence-electron chi connectivity index (χ3n) is 3.58. The summed E-state index contributed by atoms with van der Waals surface area (Å²) in [7, 11) is 1.48. The fraction of sp³-hybridized carbons (Fsp3) is 0.500. The van der Waals surface area contributed by atoms with Crippen LogP contribution in [-0.4, -0.2) is 40.9 Å². The summed E-state index contributed by atoms with van der Waals surface area (Å²) in [6.45, 7) is 3.64. The summed E-state index contributed by atoms with van der Waals surface area (Å²) in [6, 6.07) is 4.76. The van der Waals surface area contributed by atoms with Crippen molar-refractivity contribution >= 4 is 21.8 Å². The highest BCUT2D eigenvalue weighted by molar-refractivity contribution is 9.09. The third-order valence-corrected chi connectivity index (χ3v) is 4.77. The summed E-state index contributed by atoms with van der Waals surface area (Å²) in [4.78, 5) is 14.5. The number of hydrogen-bond donors (Lipinski definition) is 1. The summed E-state index contributed by atoms with van der Waals surface area (Å²) in [5.74, 6) is 0.902. The number of phenolic OH excluding ortho intramolecular Hbond substituents is 1. The average molecular weight is 328 g/mol. The molecule has 19 heavy (non-hydrogen) atoms. The molecule has 0 aliphatic carbocycles. The molecular weight excluding hydrogens is 310 g/mol. The predicted molar refractivity (Wildman–Crippen MR) is 77.1 cm³/mol. The van der Waals surface area contributed by atoms with E-state index in [0.717, 1.165) is 13.0 Å². The van der Waals surface area contributed by atoms with Crippen molar-refractivity contribution in [2.24, 2.45) is 5.92 Å². The maximum atomic E-state index is 12.4. The molecule has 1 aromatic carbocycles. The second-order valence-corrected chi connectivity index (χ2v) is 6.10. The number of amides is 1. The Labute approximate surface area is 121 Å². The summed E-state index contributed by atoms with van der Waals surface area (Å²) in [5, 5.41) is 9.73. The zero-order valence-electron chi connectivity index (χ0n) is 11.1. The van der Waals surface area contributed by atoms with E-state index in [1.807, 2.05) is 4.90 Å². The van der Waals surface area contributed by atoms with Crippen LogP contribution in [0.1, 0.15) is 23.7 Å². The smallest absolute Gasteiger partial charge is 0.254 e. The van der Waals surface area contributed by atoms with Crippen LogP contribution < -0.4 is 4.74 Å². The number of benzene rings is 1. The highest BCUT2D eigenvalue weighted by Crippen LogP contribution is 2.28. The lowest BCUT2D eigenvalue weighted by atomic mass is 9.98. The highest BCUT2D eigenvalue weighted by atomic mass is 79.9. The number of aromatic hydroxyl groups is 1. The first-order valence-electron chi connectivity index (χ1n) is 6.33. The van der Waals surface area contributed by atoms with Crippen molar-refractivity contribution in [1.29, 1.82) is 0 Å². The van der Waals surface area contributed by atoms with E-state index in [4.69, 9.17) is 4.74 Å². The second-order valence-electron chi connectivity index (χ2n) is 4.92. The van der Waals surface area contributed by atoms with Gasteiger partial charge in [-0.3, -0.25) is 4.79 Å². The number of nitrogens with zero attached hydrogens (tertiary/aromatic N) is 1. The predicted octanol–water partition coefficient (Wildman–Crippen LogP) is 2.65. The van der Waals surface area contributed by atoms with Gasteiger partial charge < -0.3 is 14.7 Å². The molecule has 1 aliphatic rings. The standard InChI is InChI=1S/C14H18BrNO3/c1-9-5-6-16(8-11(9)15)14(18)10-3-4-13(19-2)12(17)7-10/h3-4,7,9,11,17H,5-6,8H2,1-2H3. The molecule has 1 aromatic rings. The fourth-order valence-electron chi connectivity index (χ4n) is 2.21. The normalized spacial score (nSPS) is 23.2. The maximum Gasteiger partial charge on any atom is 0.254 e. The molecule has 1 aliphatic heterocycles. The Hall–Kier alpha value is -1.23. The molecule has 104 valence electrons. The highest BCUT2D eigenvalue weighted by Gasteiger charge is 2.27. The van der Waals surface area contributed by atoms with Crippen LogP contribution in [0, 0.1) is 5.92 Å². The molecule has 0 bridgehead atoms. The van der Waals surface area contributed by atoms with Crippen molar-refractivity contribution < 1.29 is 14.6 Å². The molecule has 0 aromatic heterocycles. The van der Waals surface area contributed by atoms with Crippen LogP contribution in [0.3, 0.4) is 0 Å². The van der Waals surface area contributed by atoms with Gasteiger partial charge in [0, 0.05) is 23.5 Å². The third kappa shape index (κ3) is 3.03. The van der Waals surface area contributed by atoms with Crippen LogP contribution in [0.5, 0.6) is 11.5 Å². The lowest BCUT2D eigenvalue weighted by Crippen LogP contribution is -2.43. The first-order valence-corrected chi connectivity index (χ1v) is 7.25. The molecule has 2 atom stereocenters. The van der Waals surface area contributed by atoms with Crippen LogP contribution in [0.15, 0.2) is 18.2 Å². The Morgan fingerprint density at radius 3 is 2.84 bits per heavy atom. The van der Waals surface area contributed by atoms with Gasteiger partial charge in [-0.25, -0.2) is 0 Å². The number of carbonyl (C=O) groups excluding carboxylic acids is 1. The Kier molecular flexibility index (Phi) is 4.34. The van der Waals surface area contributed by atoms with E-state index < -0.39 is 0 Å². The average Bonchev–Trinajstić information content (AvgIpc) is 2.41. The first-order chi connectivity index (χ1) is 9.02. The largest absolute Gasteiger partial charge is 0.504 e. The number of alkyl halides is 1. The number of rotatable bonds is 2. The molecule has 0 spiro atoms. The van der Waals surface area contributed by atoms with Gasteiger partial charge in [0.2, 0.25) is 0 Å². The number of ether oxygens (including phenoxy) is 1. The number of likely N-dealkylation sites (tertiary alicyclic amines) is 1. The van der Waals surface area contributed by atoms with E-state index in [2.05, 4.69) is 22.9 Å². The summed E-state index contributed by atoms with van der Waals surface area (Å²) >= 11 is 3.61. The summed E-state index contributed by atoms with van der Waals surface area (Å²) < 4.78 is 4.97. The van der Waals surface area contributed by atoms with Crippen LogP contribution in [-0.2, 0) is 0 Å². The molecule has 4 nitrogen and oxygen atoms in total. The first kappa shape index (κ1) is 14.2. The Bertz CT molecular complexity index is 478. The molecule has 2 unspecified atom stereocenters. The van der Waals surface area contributed by atoms with Crippen LogP contribution in [0.4, 0.5) is 0 Å². The van der Waals surface area contributed by atoms with E-state index in [-0.39, 0.29) is 11.7 Å². The SMILES string of the molecule is COc1ccc(C(=O)N2CCC(C)C(Br)C2)cc1O. The van der Waals surface area contributed by atoms with Crippen molar-refractivity contribution in [2.75, 3.05) is 20.2 Å². The van der Waals surface area contributed by atoms with E-state index in [9.17, 15) is 9.90 Å². The Morgan fingerprint density at radius 1 is 1.53 bits per heavy atom. The van der Waals surface area contributed by atoms with E-state index in [0.29, 0.717) is 28.6 Å². The zero-order valence-corrected chi connectivity index (χ0v) is 12.7. The van der Waals surface area contributed by atoms with Gasteiger partial charge in [-0.15, -0.1) is 0 Å². The number of halogens is 1. The van der Waals surface area contributed by atoms with Crippen LogP contribution in [0.2, 0.25) is 0 Å². The van der Waals surface area contributed by atoms with Gasteiger partial charge >= 0.3 is 0 Å². The zero-order chi connectivity index (χ0) is 14.0. The fourth-order valence-corrected chi connectivity index (χ4v) is 2.83. The summed E-state index contributed by atoms with van der Waals surface area (Å²) in [5.41, 5.74) is 0.493. The number of phenols is 1. The van der Waals surface area contributed by atoms with Gasteiger partial charge in [-0.1, -0.05) is 22.9 Å². The lowest BCUT2D eigenvalue weighted by molar-refractivity contribution is 0.0705. The van der Waals surface area contributed by atoms with Gasteiger partial charge in [0.25, 0.3) is 5.91 Å². The molecule has 1 fully saturated rings. The molecule has 2 rings (SSSR count). The van der Waals surface area contributed by atoms with E-state index in [1.54, 1.807) is 12.1 Å². The molecule has 1 N–H and O–H groups in total. The van der Waals surface area contributed by atoms with E-state index >= 15 is 0 Å². The quantitative estimate of drug-likeness (QED) is 0.849. The van der Waals surface area contributed by atoms with Gasteiger partial charge in [0.15, 0.2) is 11.5 Å². The lowest BCUT2D eigenvalue weighted by Gasteiger charge is -2.34. The van der Waals surface area contributed by atoms with Crippen LogP contribution >= 0.6 is 15.9 Å². The van der Waals surface area contributed by atoms with Crippen molar-refractivity contribution in [2.45, 2.75) is 18.2 Å². The van der Waals surface area contributed by atoms with Crippen LogP contribution in [0.25, 0.3) is 0 Å². The summed E-state index contributed by atoms with van der Waals surface area (Å²) in [6.07, 6.45) is 0.990. The Balaban J connectivity index is 2.13. The topological polar surface area (TPSA) is 49.8 Å². The van der Waals surface area contributed by atoms with Gasteiger partial charge in [-0.05, 0) is 30.5 Å². The molecular formula is C14H18BrNO3. The monoisotopic (exact) mass is 327 g/mol. The van der Waals surface area contributed by atoms with Gasteiger partial charge in [0.05, 0.1) is 7.11 Å². The van der Waals surface area contributed by atoms with Gasteiger partial charge in [-0.2, -0.15) is 0 Å². The maximum absolute atomic E-state index is 12.4. The minimum Gasteiger partial charge on any atom is -0.504 e. The molecule has 1 amide bonds. The molecule has 0 saturated carbocycles. The van der Waals surface area contributed by atoms with Crippen molar-refractivity contribution in [3.63, 3.8) is 0 Å². The molecule has 0 radical (unpaired) electrons. The van der Waals surface area contributed by atoms with Crippen molar-refractivity contribution in [3.8, 4) is 11.5 Å². The van der Waals surface area contributed by atoms with Crippen molar-refractivity contribution in [1.82, 2.24) is 4.90 Å². The van der Waals surface area contributed by atoms with E-state index in [1.165, 1.54) is 13.2 Å². The number of piperidine rings is 1. The molecule has 5 heteroatoms. The minimum absolute atomic E-state index is 0.00544. The van der Waals surface area contributed by atoms with Gasteiger partial charge in [0.1, 0.15) is 0 Å². The molecule has 1 saturated heterocycles. The van der Waals surface area contributed by atoms with Crippen molar-refractivity contribution in [3.05, 3.63) is 23.8 Å². The minimum atomic E-state index is -0.0469.